The van der Waals surface area contributed by atoms with Crippen molar-refractivity contribution in [3.63, 3.8) is 0 Å². The Morgan fingerprint density at radius 3 is 1.46 bits per heavy atom. The smallest absolute Gasteiger partial charge is 0.306 e. The third-order valence-electron chi connectivity index (χ3n) is 13.2. The molecule has 1 fully saturated rings. The van der Waals surface area contributed by atoms with Crippen LogP contribution in [0, 0.1) is 11.8 Å². The highest BCUT2D eigenvalue weighted by Gasteiger charge is 2.25. The number of aliphatic hydroxyl groups is 1. The molecule has 350 valence electrons. The van der Waals surface area contributed by atoms with Crippen LogP contribution in [0.1, 0.15) is 252 Å². The molecular formula is C52H102N2O5. The van der Waals surface area contributed by atoms with E-state index in [9.17, 15) is 14.7 Å². The summed E-state index contributed by atoms with van der Waals surface area (Å²) in [6, 6.07) is 0.686. The zero-order chi connectivity index (χ0) is 42.9. The van der Waals surface area contributed by atoms with E-state index in [4.69, 9.17) is 9.47 Å². The van der Waals surface area contributed by atoms with Crippen LogP contribution < -0.4 is 0 Å². The standard InChI is InChI=1S/C52H102N2O5/c1-5-9-13-16-18-19-20-21-22-23-24-26-29-38-51(56)58-46-49(35-30-31-40-54(50-36-32-37-50)42-41-53(43-44-55)39-12-8-4)47-59-52(57)45-48(33-27-15-11-7-3)34-28-25-17-14-10-6-2/h48-50,55H,5-47H2,1-4H3. The Labute approximate surface area is 367 Å². The lowest BCUT2D eigenvalue weighted by molar-refractivity contribution is -0.150. The van der Waals surface area contributed by atoms with Crippen LogP contribution in [0.2, 0.25) is 0 Å². The first-order chi connectivity index (χ1) is 29.0. The highest BCUT2D eigenvalue weighted by molar-refractivity contribution is 5.70. The fraction of sp³-hybridized carbons (Fsp3) is 0.962. The predicted molar refractivity (Wildman–Crippen MR) is 252 cm³/mol. The molecule has 0 amide bonds. The molecule has 0 aliphatic heterocycles. The van der Waals surface area contributed by atoms with Crippen LogP contribution in [0.15, 0.2) is 0 Å². The van der Waals surface area contributed by atoms with Gasteiger partial charge >= 0.3 is 11.9 Å². The number of carbonyl (C=O) groups excluding carboxylic acids is 2. The maximum atomic E-state index is 13.3. The first kappa shape index (κ1) is 55.8. The second-order valence-corrected chi connectivity index (χ2v) is 18.7. The summed E-state index contributed by atoms with van der Waals surface area (Å²) < 4.78 is 11.9. The van der Waals surface area contributed by atoms with Crippen LogP contribution in [-0.4, -0.2) is 85.4 Å². The Balaban J connectivity index is 2.63. The molecule has 0 bridgehead atoms. The van der Waals surface area contributed by atoms with E-state index in [1.54, 1.807) is 0 Å². The molecular weight excluding hydrogens is 733 g/mol. The third kappa shape index (κ3) is 34.0. The average Bonchev–Trinajstić information content (AvgIpc) is 3.21. The first-order valence-corrected chi connectivity index (χ1v) is 26.4. The summed E-state index contributed by atoms with van der Waals surface area (Å²) in [6.45, 7) is 14.9. The molecule has 1 N–H and O–H groups in total. The van der Waals surface area contributed by atoms with E-state index in [0.29, 0.717) is 38.0 Å². The van der Waals surface area contributed by atoms with E-state index in [1.807, 2.05) is 0 Å². The second kappa shape index (κ2) is 42.1. The number of ether oxygens (including phenoxy) is 2. The predicted octanol–water partition coefficient (Wildman–Crippen LogP) is 14.0. The van der Waals surface area contributed by atoms with Crippen LogP contribution in [0.25, 0.3) is 0 Å². The van der Waals surface area contributed by atoms with E-state index in [-0.39, 0.29) is 24.5 Å². The van der Waals surface area contributed by atoms with E-state index >= 15 is 0 Å². The van der Waals surface area contributed by atoms with E-state index in [1.165, 1.54) is 167 Å². The van der Waals surface area contributed by atoms with Crippen molar-refractivity contribution >= 4 is 11.9 Å². The maximum Gasteiger partial charge on any atom is 0.306 e. The van der Waals surface area contributed by atoms with Gasteiger partial charge in [0.2, 0.25) is 0 Å². The molecule has 0 aromatic rings. The Kier molecular flexibility index (Phi) is 39.9. The molecule has 2 atom stereocenters. The summed E-state index contributed by atoms with van der Waals surface area (Å²) in [5.74, 6) is 0.297. The molecule has 1 saturated carbocycles. The van der Waals surface area contributed by atoms with E-state index in [0.717, 1.165) is 77.7 Å². The van der Waals surface area contributed by atoms with Crippen molar-refractivity contribution in [3.8, 4) is 0 Å². The average molecular weight is 835 g/mol. The summed E-state index contributed by atoms with van der Waals surface area (Å²) in [5.41, 5.74) is 0. The summed E-state index contributed by atoms with van der Waals surface area (Å²) in [7, 11) is 0. The molecule has 0 spiro atoms. The minimum absolute atomic E-state index is 0.0438. The number of rotatable bonds is 46. The molecule has 0 radical (unpaired) electrons. The molecule has 1 aliphatic carbocycles. The molecule has 7 heteroatoms. The number of esters is 2. The van der Waals surface area contributed by atoms with Crippen molar-refractivity contribution in [2.75, 3.05) is 52.5 Å². The van der Waals surface area contributed by atoms with Crippen LogP contribution in [0.4, 0.5) is 0 Å². The molecule has 1 aliphatic rings. The Morgan fingerprint density at radius 2 is 0.949 bits per heavy atom. The van der Waals surface area contributed by atoms with Gasteiger partial charge in [0.1, 0.15) is 0 Å². The van der Waals surface area contributed by atoms with Gasteiger partial charge < -0.3 is 14.6 Å². The Bertz CT molecular complexity index is 914. The fourth-order valence-electron chi connectivity index (χ4n) is 8.82. The van der Waals surface area contributed by atoms with Gasteiger partial charge in [-0.1, -0.05) is 188 Å². The van der Waals surface area contributed by atoms with Gasteiger partial charge in [0.25, 0.3) is 0 Å². The minimum atomic E-state index is -0.0952. The number of nitrogens with zero attached hydrogens (tertiary/aromatic N) is 2. The van der Waals surface area contributed by atoms with Gasteiger partial charge in [0.15, 0.2) is 0 Å². The third-order valence-corrected chi connectivity index (χ3v) is 13.2. The quantitative estimate of drug-likeness (QED) is 0.0483. The fourth-order valence-corrected chi connectivity index (χ4v) is 8.82. The maximum absolute atomic E-state index is 13.3. The van der Waals surface area contributed by atoms with Gasteiger partial charge in [-0.3, -0.25) is 19.4 Å². The highest BCUT2D eigenvalue weighted by atomic mass is 16.5. The molecule has 2 unspecified atom stereocenters. The topological polar surface area (TPSA) is 79.3 Å². The molecule has 1 rings (SSSR count). The van der Waals surface area contributed by atoms with Crippen molar-refractivity contribution in [3.05, 3.63) is 0 Å². The number of carbonyl (C=O) groups is 2. The van der Waals surface area contributed by atoms with Gasteiger partial charge in [0.05, 0.1) is 19.8 Å². The molecule has 59 heavy (non-hydrogen) atoms. The summed E-state index contributed by atoms with van der Waals surface area (Å²) in [6.07, 6.45) is 42.0. The SMILES string of the molecule is CCCCCCCCCCCCCCCC(=O)OCC(CCCCN(CCN(CCO)CCCC)C1CCC1)COC(=O)CC(CCCCCC)CCCCCCCC. The van der Waals surface area contributed by atoms with E-state index in [2.05, 4.69) is 37.5 Å². The summed E-state index contributed by atoms with van der Waals surface area (Å²) in [5, 5.41) is 9.62. The van der Waals surface area contributed by atoms with Crippen LogP contribution in [-0.2, 0) is 19.1 Å². The van der Waals surface area contributed by atoms with Crippen LogP contribution in [0.5, 0.6) is 0 Å². The number of aliphatic hydroxyl groups excluding tert-OH is 1. The van der Waals surface area contributed by atoms with Gasteiger partial charge in [-0.2, -0.15) is 0 Å². The van der Waals surface area contributed by atoms with Crippen molar-refractivity contribution < 1.29 is 24.2 Å². The lowest BCUT2D eigenvalue weighted by Crippen LogP contribution is -2.45. The number of unbranched alkanes of at least 4 members (excludes halogenated alkanes) is 22. The van der Waals surface area contributed by atoms with Gasteiger partial charge in [-0.15, -0.1) is 0 Å². The number of hydrogen-bond acceptors (Lipinski definition) is 7. The van der Waals surface area contributed by atoms with E-state index < -0.39 is 0 Å². The van der Waals surface area contributed by atoms with Crippen LogP contribution >= 0.6 is 0 Å². The first-order valence-electron chi connectivity index (χ1n) is 26.4. The van der Waals surface area contributed by atoms with Gasteiger partial charge in [0, 0.05) is 44.4 Å². The van der Waals surface area contributed by atoms with Crippen molar-refractivity contribution in [1.82, 2.24) is 9.80 Å². The zero-order valence-electron chi connectivity index (χ0n) is 40.1. The largest absolute Gasteiger partial charge is 0.465 e. The second-order valence-electron chi connectivity index (χ2n) is 18.7. The lowest BCUT2D eigenvalue weighted by Gasteiger charge is -2.39. The number of hydrogen-bond donors (Lipinski definition) is 1. The van der Waals surface area contributed by atoms with Crippen molar-refractivity contribution in [2.45, 2.75) is 258 Å². The normalized spacial score (nSPS) is 14.2. The molecule has 0 saturated heterocycles. The highest BCUT2D eigenvalue weighted by Crippen LogP contribution is 2.26. The molecule has 0 aromatic heterocycles. The van der Waals surface area contributed by atoms with Crippen molar-refractivity contribution in [1.29, 1.82) is 0 Å². The van der Waals surface area contributed by atoms with Gasteiger partial charge in [-0.05, 0) is 70.4 Å². The monoisotopic (exact) mass is 835 g/mol. The van der Waals surface area contributed by atoms with Gasteiger partial charge in [-0.25, -0.2) is 0 Å². The minimum Gasteiger partial charge on any atom is -0.465 e. The molecule has 0 aromatic carbocycles. The molecule has 7 nitrogen and oxygen atoms in total. The summed E-state index contributed by atoms with van der Waals surface area (Å²) in [4.78, 5) is 31.3. The summed E-state index contributed by atoms with van der Waals surface area (Å²) >= 11 is 0. The zero-order valence-corrected chi connectivity index (χ0v) is 40.1. The van der Waals surface area contributed by atoms with Crippen LogP contribution in [0.3, 0.4) is 0 Å². The Morgan fingerprint density at radius 1 is 0.492 bits per heavy atom. The van der Waals surface area contributed by atoms with Crippen molar-refractivity contribution in [2.24, 2.45) is 11.8 Å². The molecule has 0 heterocycles. The lowest BCUT2D eigenvalue weighted by atomic mass is 9.91. The Hall–Kier alpha value is -1.18.